The zero-order chi connectivity index (χ0) is 11.2. The largest absolute Gasteiger partial charge is 0.316 e. The number of likely N-dealkylation sites (tertiary alicyclic amines) is 1. The summed E-state index contributed by atoms with van der Waals surface area (Å²) in [7, 11) is 0. The molecule has 2 aliphatic rings. The van der Waals surface area contributed by atoms with Crippen LogP contribution in [0, 0.1) is 5.92 Å². The van der Waals surface area contributed by atoms with Gasteiger partial charge in [0.15, 0.2) is 0 Å². The minimum atomic E-state index is 0.916. The Morgan fingerprint density at radius 2 is 2.12 bits per heavy atom. The SMILES string of the molecule is CSC1CCCN(CC2CCCNC2)CC1. The lowest BCUT2D eigenvalue weighted by Gasteiger charge is -2.29. The highest BCUT2D eigenvalue weighted by molar-refractivity contribution is 7.99. The average molecular weight is 242 g/mol. The van der Waals surface area contributed by atoms with Gasteiger partial charge in [0.1, 0.15) is 0 Å². The molecule has 2 aliphatic heterocycles. The molecule has 0 spiro atoms. The highest BCUT2D eigenvalue weighted by Gasteiger charge is 2.20. The molecule has 0 amide bonds. The van der Waals surface area contributed by atoms with E-state index in [1.165, 1.54) is 64.8 Å². The number of rotatable bonds is 3. The van der Waals surface area contributed by atoms with Gasteiger partial charge < -0.3 is 10.2 Å². The molecular formula is C13H26N2S. The van der Waals surface area contributed by atoms with Gasteiger partial charge in [0.2, 0.25) is 0 Å². The number of hydrogen-bond acceptors (Lipinski definition) is 3. The lowest BCUT2D eigenvalue weighted by atomic mass is 9.99. The number of piperidine rings is 1. The molecule has 3 heteroatoms. The van der Waals surface area contributed by atoms with Gasteiger partial charge in [-0.1, -0.05) is 0 Å². The third-order valence-electron chi connectivity index (χ3n) is 4.02. The zero-order valence-electron chi connectivity index (χ0n) is 10.6. The number of nitrogens with one attached hydrogen (secondary N) is 1. The van der Waals surface area contributed by atoms with E-state index in [2.05, 4.69) is 28.2 Å². The van der Waals surface area contributed by atoms with Crippen LogP contribution in [0.2, 0.25) is 0 Å². The van der Waals surface area contributed by atoms with Crippen molar-refractivity contribution in [3.63, 3.8) is 0 Å². The first-order valence-electron chi connectivity index (χ1n) is 6.84. The highest BCUT2D eigenvalue weighted by atomic mass is 32.2. The van der Waals surface area contributed by atoms with E-state index in [0.717, 1.165) is 11.2 Å². The first-order valence-corrected chi connectivity index (χ1v) is 8.13. The predicted molar refractivity (Wildman–Crippen MR) is 73.2 cm³/mol. The summed E-state index contributed by atoms with van der Waals surface area (Å²) in [5.74, 6) is 0.916. The molecule has 0 aromatic carbocycles. The second kappa shape index (κ2) is 6.87. The van der Waals surface area contributed by atoms with Crippen LogP contribution in [-0.2, 0) is 0 Å². The fourth-order valence-corrected chi connectivity index (χ4v) is 3.73. The van der Waals surface area contributed by atoms with E-state index in [1.54, 1.807) is 0 Å². The fourth-order valence-electron chi connectivity index (χ4n) is 2.99. The van der Waals surface area contributed by atoms with Crippen molar-refractivity contribution in [2.45, 2.75) is 37.4 Å². The molecule has 2 unspecified atom stereocenters. The maximum absolute atomic E-state index is 3.53. The van der Waals surface area contributed by atoms with Gasteiger partial charge in [-0.3, -0.25) is 0 Å². The smallest absolute Gasteiger partial charge is 0.00569 e. The standard InChI is InChI=1S/C13H26N2S/c1-16-13-5-3-8-15(9-6-13)11-12-4-2-7-14-10-12/h12-14H,2-11H2,1H3. The normalized spacial score (nSPS) is 33.6. The molecular weight excluding hydrogens is 216 g/mol. The van der Waals surface area contributed by atoms with Gasteiger partial charge in [-0.2, -0.15) is 11.8 Å². The summed E-state index contributed by atoms with van der Waals surface area (Å²) in [6.45, 7) is 6.51. The molecule has 1 N–H and O–H groups in total. The quantitative estimate of drug-likeness (QED) is 0.817. The van der Waals surface area contributed by atoms with Gasteiger partial charge in [-0.15, -0.1) is 0 Å². The Balaban J connectivity index is 1.72. The number of hydrogen-bond donors (Lipinski definition) is 1. The Morgan fingerprint density at radius 3 is 2.88 bits per heavy atom. The zero-order valence-corrected chi connectivity index (χ0v) is 11.4. The van der Waals surface area contributed by atoms with Crippen LogP contribution < -0.4 is 5.32 Å². The maximum Gasteiger partial charge on any atom is 0.00569 e. The first-order chi connectivity index (χ1) is 7.88. The molecule has 2 rings (SSSR count). The van der Waals surface area contributed by atoms with Crippen molar-refractivity contribution >= 4 is 11.8 Å². The van der Waals surface area contributed by atoms with E-state index in [9.17, 15) is 0 Å². The Labute approximate surface area is 105 Å². The van der Waals surface area contributed by atoms with Crippen LogP contribution in [0.25, 0.3) is 0 Å². The molecule has 2 atom stereocenters. The predicted octanol–water partition coefficient (Wildman–Crippen LogP) is 2.20. The van der Waals surface area contributed by atoms with Crippen molar-refractivity contribution in [1.82, 2.24) is 10.2 Å². The molecule has 2 nitrogen and oxygen atoms in total. The first kappa shape index (κ1) is 12.7. The Bertz CT molecular complexity index is 192. The topological polar surface area (TPSA) is 15.3 Å². The van der Waals surface area contributed by atoms with Crippen molar-refractivity contribution in [2.75, 3.05) is 39.0 Å². The van der Waals surface area contributed by atoms with Crippen LogP contribution in [0.4, 0.5) is 0 Å². The molecule has 0 radical (unpaired) electrons. The lowest BCUT2D eigenvalue weighted by Crippen LogP contribution is -2.38. The second-order valence-corrected chi connectivity index (χ2v) is 6.44. The van der Waals surface area contributed by atoms with Crippen LogP contribution in [0.3, 0.4) is 0 Å². The summed E-state index contributed by atoms with van der Waals surface area (Å²) >= 11 is 2.07. The van der Waals surface area contributed by atoms with Gasteiger partial charge in [0, 0.05) is 11.8 Å². The van der Waals surface area contributed by atoms with Gasteiger partial charge in [-0.05, 0) is 70.5 Å². The highest BCUT2D eigenvalue weighted by Crippen LogP contribution is 2.22. The Morgan fingerprint density at radius 1 is 1.19 bits per heavy atom. The monoisotopic (exact) mass is 242 g/mol. The Hall–Kier alpha value is 0.270. The molecule has 94 valence electrons. The summed E-state index contributed by atoms with van der Waals surface area (Å²) in [4.78, 5) is 2.72. The Kier molecular flexibility index (Phi) is 5.46. The van der Waals surface area contributed by atoms with E-state index in [4.69, 9.17) is 0 Å². The van der Waals surface area contributed by atoms with Gasteiger partial charge in [-0.25, -0.2) is 0 Å². The molecule has 0 saturated carbocycles. The van der Waals surface area contributed by atoms with Crippen molar-refractivity contribution in [3.05, 3.63) is 0 Å². The summed E-state index contributed by atoms with van der Waals surface area (Å²) in [5.41, 5.74) is 0. The minimum absolute atomic E-state index is 0.916. The summed E-state index contributed by atoms with van der Waals surface area (Å²) < 4.78 is 0. The molecule has 0 aromatic rings. The van der Waals surface area contributed by atoms with Crippen molar-refractivity contribution < 1.29 is 0 Å². The molecule has 0 aliphatic carbocycles. The molecule has 2 heterocycles. The summed E-state index contributed by atoms with van der Waals surface area (Å²) in [5, 5.41) is 4.45. The van der Waals surface area contributed by atoms with E-state index in [1.807, 2.05) is 0 Å². The van der Waals surface area contributed by atoms with Crippen LogP contribution in [0.1, 0.15) is 32.1 Å². The van der Waals surface area contributed by atoms with Crippen LogP contribution >= 0.6 is 11.8 Å². The van der Waals surface area contributed by atoms with Crippen LogP contribution in [-0.4, -0.2) is 49.1 Å². The van der Waals surface area contributed by atoms with Gasteiger partial charge in [0.25, 0.3) is 0 Å². The molecule has 0 bridgehead atoms. The summed E-state index contributed by atoms with van der Waals surface area (Å²) in [6.07, 6.45) is 9.33. The molecule has 2 fully saturated rings. The van der Waals surface area contributed by atoms with E-state index < -0.39 is 0 Å². The van der Waals surface area contributed by atoms with Gasteiger partial charge in [0.05, 0.1) is 0 Å². The number of nitrogens with zero attached hydrogens (tertiary/aromatic N) is 1. The molecule has 2 saturated heterocycles. The van der Waals surface area contributed by atoms with Crippen LogP contribution in [0.5, 0.6) is 0 Å². The third kappa shape index (κ3) is 3.94. The van der Waals surface area contributed by atoms with Crippen LogP contribution in [0.15, 0.2) is 0 Å². The molecule has 16 heavy (non-hydrogen) atoms. The average Bonchev–Trinajstić information content (AvgIpc) is 2.56. The van der Waals surface area contributed by atoms with Crippen molar-refractivity contribution in [3.8, 4) is 0 Å². The van der Waals surface area contributed by atoms with E-state index >= 15 is 0 Å². The maximum atomic E-state index is 3.53. The van der Waals surface area contributed by atoms with E-state index in [0.29, 0.717) is 0 Å². The number of thioether (sulfide) groups is 1. The third-order valence-corrected chi connectivity index (χ3v) is 5.15. The lowest BCUT2D eigenvalue weighted by molar-refractivity contribution is 0.214. The second-order valence-electron chi connectivity index (χ2n) is 5.30. The molecule has 0 aromatic heterocycles. The van der Waals surface area contributed by atoms with E-state index in [-0.39, 0.29) is 0 Å². The van der Waals surface area contributed by atoms with Gasteiger partial charge >= 0.3 is 0 Å². The van der Waals surface area contributed by atoms with Crippen molar-refractivity contribution in [1.29, 1.82) is 0 Å². The van der Waals surface area contributed by atoms with Crippen molar-refractivity contribution in [2.24, 2.45) is 5.92 Å². The fraction of sp³-hybridized carbons (Fsp3) is 1.00. The summed E-state index contributed by atoms with van der Waals surface area (Å²) in [6, 6.07) is 0. The minimum Gasteiger partial charge on any atom is -0.316 e.